The fourth-order valence-electron chi connectivity index (χ4n) is 3.08. The van der Waals surface area contributed by atoms with Gasteiger partial charge >= 0.3 is 0 Å². The third-order valence-electron chi connectivity index (χ3n) is 4.60. The number of anilines is 2. The summed E-state index contributed by atoms with van der Waals surface area (Å²) in [5, 5.41) is 6.04. The molecule has 0 unspecified atom stereocenters. The largest absolute Gasteiger partial charge is 0.494 e. The minimum atomic E-state index is -0.123. The first-order chi connectivity index (χ1) is 15.2. The summed E-state index contributed by atoms with van der Waals surface area (Å²) in [4.78, 5) is 12.3. The van der Waals surface area contributed by atoms with Gasteiger partial charge < -0.3 is 20.1 Å². The molecule has 1 amide bonds. The van der Waals surface area contributed by atoms with Crippen molar-refractivity contribution in [2.45, 2.75) is 26.2 Å². The molecule has 0 bridgehead atoms. The Hall–Kier alpha value is -3.47. The number of hydrogen-bond donors (Lipinski definition) is 2. The molecule has 0 aliphatic rings. The van der Waals surface area contributed by atoms with E-state index in [1.165, 1.54) is 5.56 Å². The van der Waals surface area contributed by atoms with Crippen LogP contribution in [0.2, 0.25) is 0 Å². The van der Waals surface area contributed by atoms with Gasteiger partial charge in [-0.1, -0.05) is 49.4 Å². The molecule has 0 heterocycles. The molecule has 0 fully saturated rings. The maximum atomic E-state index is 12.3. The molecule has 0 aliphatic heterocycles. The number of aryl methyl sites for hydroxylation is 1. The Balaban J connectivity index is 1.41. The lowest BCUT2D eigenvalue weighted by molar-refractivity contribution is -0.114. The second-order valence-electron chi connectivity index (χ2n) is 7.24. The number of rotatable bonds is 12. The van der Waals surface area contributed by atoms with Gasteiger partial charge in [0.2, 0.25) is 5.91 Å². The summed E-state index contributed by atoms with van der Waals surface area (Å²) < 4.78 is 11.5. The molecule has 0 saturated carbocycles. The van der Waals surface area contributed by atoms with E-state index in [1.807, 2.05) is 54.6 Å². The van der Waals surface area contributed by atoms with Crippen molar-refractivity contribution in [3.63, 3.8) is 0 Å². The van der Waals surface area contributed by atoms with Crippen LogP contribution in [-0.2, 0) is 11.2 Å². The minimum Gasteiger partial charge on any atom is -0.494 e. The van der Waals surface area contributed by atoms with E-state index in [4.69, 9.17) is 9.47 Å². The van der Waals surface area contributed by atoms with Crippen LogP contribution in [-0.4, -0.2) is 25.7 Å². The molecule has 0 aromatic heterocycles. The molecule has 31 heavy (non-hydrogen) atoms. The van der Waals surface area contributed by atoms with E-state index in [0.717, 1.165) is 42.1 Å². The molecule has 162 valence electrons. The van der Waals surface area contributed by atoms with Gasteiger partial charge in [-0.15, -0.1) is 0 Å². The highest BCUT2D eigenvalue weighted by molar-refractivity contribution is 5.93. The van der Waals surface area contributed by atoms with Crippen LogP contribution in [0.25, 0.3) is 0 Å². The van der Waals surface area contributed by atoms with Gasteiger partial charge in [0.05, 0.1) is 19.8 Å². The monoisotopic (exact) mass is 418 g/mol. The van der Waals surface area contributed by atoms with E-state index in [-0.39, 0.29) is 12.5 Å². The van der Waals surface area contributed by atoms with Crippen LogP contribution in [0.3, 0.4) is 0 Å². The lowest BCUT2D eigenvalue weighted by atomic mass is 10.1. The average Bonchev–Trinajstić information content (AvgIpc) is 2.80. The number of amides is 1. The molecule has 5 heteroatoms. The zero-order valence-corrected chi connectivity index (χ0v) is 18.0. The van der Waals surface area contributed by atoms with Crippen molar-refractivity contribution in [3.8, 4) is 11.5 Å². The molecule has 3 aromatic rings. The number of hydrogen-bond acceptors (Lipinski definition) is 4. The normalized spacial score (nSPS) is 10.4. The molecule has 2 N–H and O–H groups in total. The summed E-state index contributed by atoms with van der Waals surface area (Å²) in [5.41, 5.74) is 2.88. The van der Waals surface area contributed by atoms with Crippen LogP contribution in [0, 0.1) is 0 Å². The zero-order chi connectivity index (χ0) is 21.7. The number of carbonyl (C=O) groups excluding carboxylic acids is 1. The van der Waals surface area contributed by atoms with E-state index in [1.54, 1.807) is 0 Å². The van der Waals surface area contributed by atoms with Crippen LogP contribution < -0.4 is 20.1 Å². The van der Waals surface area contributed by atoms with Gasteiger partial charge in [0.1, 0.15) is 11.5 Å². The number of ether oxygens (including phenoxy) is 2. The van der Waals surface area contributed by atoms with Crippen LogP contribution in [0.5, 0.6) is 11.5 Å². The second-order valence-corrected chi connectivity index (χ2v) is 7.24. The van der Waals surface area contributed by atoms with Crippen LogP contribution in [0.15, 0.2) is 78.9 Å². The summed E-state index contributed by atoms with van der Waals surface area (Å²) in [5.74, 6) is 1.42. The average molecular weight is 419 g/mol. The molecule has 5 nitrogen and oxygen atoms in total. The lowest BCUT2D eigenvalue weighted by Gasteiger charge is -2.11. The van der Waals surface area contributed by atoms with Gasteiger partial charge in [0.15, 0.2) is 0 Å². The van der Waals surface area contributed by atoms with Gasteiger partial charge in [-0.3, -0.25) is 4.79 Å². The molecule has 3 aromatic carbocycles. The fraction of sp³-hybridized carbons (Fsp3) is 0.269. The fourth-order valence-corrected chi connectivity index (χ4v) is 3.08. The Labute approximate surface area is 184 Å². The highest BCUT2D eigenvalue weighted by Crippen LogP contribution is 2.19. The topological polar surface area (TPSA) is 59.6 Å². The molecular weight excluding hydrogens is 388 g/mol. The van der Waals surface area contributed by atoms with Crippen molar-refractivity contribution in [2.24, 2.45) is 0 Å². The Kier molecular flexibility index (Phi) is 8.80. The van der Waals surface area contributed by atoms with Crippen molar-refractivity contribution in [3.05, 3.63) is 84.4 Å². The summed E-state index contributed by atoms with van der Waals surface area (Å²) in [7, 11) is 0. The van der Waals surface area contributed by atoms with Crippen LogP contribution in [0.4, 0.5) is 11.4 Å². The Morgan fingerprint density at radius 1 is 0.806 bits per heavy atom. The van der Waals surface area contributed by atoms with Gasteiger partial charge in [0.25, 0.3) is 0 Å². The van der Waals surface area contributed by atoms with Crippen LogP contribution >= 0.6 is 0 Å². The second kappa shape index (κ2) is 12.3. The van der Waals surface area contributed by atoms with Crippen molar-refractivity contribution in [1.29, 1.82) is 0 Å². The minimum absolute atomic E-state index is 0.123. The summed E-state index contributed by atoms with van der Waals surface area (Å²) in [6, 6.07) is 25.5. The summed E-state index contributed by atoms with van der Waals surface area (Å²) in [6.45, 7) is 3.53. The third-order valence-corrected chi connectivity index (χ3v) is 4.60. The van der Waals surface area contributed by atoms with Gasteiger partial charge in [0, 0.05) is 23.5 Å². The SMILES string of the molecule is CCCOc1cccc(NC(=O)CNc2cccc(OCCCc3ccccc3)c2)c1. The van der Waals surface area contributed by atoms with Crippen molar-refractivity contribution < 1.29 is 14.3 Å². The van der Waals surface area contributed by atoms with Crippen molar-refractivity contribution in [1.82, 2.24) is 0 Å². The van der Waals surface area contributed by atoms with Crippen LogP contribution in [0.1, 0.15) is 25.3 Å². The summed E-state index contributed by atoms with van der Waals surface area (Å²) >= 11 is 0. The molecule has 0 radical (unpaired) electrons. The van der Waals surface area contributed by atoms with E-state index >= 15 is 0 Å². The summed E-state index contributed by atoms with van der Waals surface area (Å²) in [6.07, 6.45) is 2.88. The zero-order valence-electron chi connectivity index (χ0n) is 18.0. The Morgan fingerprint density at radius 3 is 2.23 bits per heavy atom. The maximum absolute atomic E-state index is 12.3. The number of carbonyl (C=O) groups is 1. The maximum Gasteiger partial charge on any atom is 0.243 e. The predicted molar refractivity (Wildman–Crippen MR) is 126 cm³/mol. The molecule has 3 rings (SSSR count). The van der Waals surface area contributed by atoms with E-state index in [2.05, 4.69) is 41.8 Å². The Bertz CT molecular complexity index is 944. The molecule has 0 saturated heterocycles. The third kappa shape index (κ3) is 8.05. The lowest BCUT2D eigenvalue weighted by Crippen LogP contribution is -2.21. The van der Waals surface area contributed by atoms with E-state index in [9.17, 15) is 4.79 Å². The highest BCUT2D eigenvalue weighted by atomic mass is 16.5. The first-order valence-electron chi connectivity index (χ1n) is 10.8. The van der Waals surface area contributed by atoms with E-state index in [0.29, 0.717) is 13.2 Å². The van der Waals surface area contributed by atoms with Crippen molar-refractivity contribution in [2.75, 3.05) is 30.4 Å². The Morgan fingerprint density at radius 2 is 1.48 bits per heavy atom. The van der Waals surface area contributed by atoms with Gasteiger partial charge in [-0.05, 0) is 49.1 Å². The van der Waals surface area contributed by atoms with Gasteiger partial charge in [-0.25, -0.2) is 0 Å². The molecular formula is C26H30N2O3. The molecule has 0 atom stereocenters. The smallest absolute Gasteiger partial charge is 0.243 e. The first kappa shape index (κ1) is 22.2. The first-order valence-corrected chi connectivity index (χ1v) is 10.8. The molecule has 0 spiro atoms. The van der Waals surface area contributed by atoms with Crippen molar-refractivity contribution >= 4 is 17.3 Å². The standard InChI is InChI=1S/C26H30N2O3/c1-2-16-30-25-15-7-13-23(19-25)28-26(29)20-27-22-12-6-14-24(18-22)31-17-8-11-21-9-4-3-5-10-21/h3-7,9-10,12-15,18-19,27H,2,8,11,16-17,20H2,1H3,(H,28,29). The quantitative estimate of drug-likeness (QED) is 0.379. The van der Waals surface area contributed by atoms with E-state index < -0.39 is 0 Å². The number of nitrogens with one attached hydrogen (secondary N) is 2. The molecule has 0 aliphatic carbocycles. The highest BCUT2D eigenvalue weighted by Gasteiger charge is 2.05. The predicted octanol–water partition coefficient (Wildman–Crippen LogP) is 5.54. The van der Waals surface area contributed by atoms with Gasteiger partial charge in [-0.2, -0.15) is 0 Å². The number of benzene rings is 3.